The van der Waals surface area contributed by atoms with Crippen molar-refractivity contribution in [2.24, 2.45) is 5.41 Å². The van der Waals surface area contributed by atoms with Crippen LogP contribution in [0.25, 0.3) is 0 Å². The molecule has 1 fully saturated rings. The number of piperidine rings is 1. The van der Waals surface area contributed by atoms with E-state index in [1.54, 1.807) is 30.0 Å². The van der Waals surface area contributed by atoms with Gasteiger partial charge in [0, 0.05) is 35.6 Å². The number of carbonyl (C=O) groups is 2. The van der Waals surface area contributed by atoms with Crippen LogP contribution < -0.4 is 0 Å². The van der Waals surface area contributed by atoms with Crippen LogP contribution in [0.1, 0.15) is 56.2 Å². The van der Waals surface area contributed by atoms with Crippen LogP contribution in [0.3, 0.4) is 0 Å². The van der Waals surface area contributed by atoms with E-state index in [2.05, 4.69) is 0 Å². The molecule has 0 bridgehead atoms. The molecule has 1 amide bonds. The summed E-state index contributed by atoms with van der Waals surface area (Å²) in [4.78, 5) is 27.6. The predicted molar refractivity (Wildman–Crippen MR) is 142 cm³/mol. The molecule has 1 saturated heterocycles. The van der Waals surface area contributed by atoms with Gasteiger partial charge in [-0.15, -0.1) is 0 Å². The summed E-state index contributed by atoms with van der Waals surface area (Å²) in [6, 6.07) is 13.9. The van der Waals surface area contributed by atoms with Crippen LogP contribution in [0.4, 0.5) is 0 Å². The summed E-state index contributed by atoms with van der Waals surface area (Å²) in [7, 11) is -1.89. The molecule has 2 aromatic rings. The van der Waals surface area contributed by atoms with Crippen LogP contribution in [0.5, 0.6) is 0 Å². The molecule has 10 heteroatoms. The summed E-state index contributed by atoms with van der Waals surface area (Å²) in [5.41, 5.74) is 0.606. The van der Waals surface area contributed by atoms with Gasteiger partial charge in [0.2, 0.25) is 15.9 Å². The first kappa shape index (κ1) is 28.4. The number of amides is 1. The molecule has 0 aliphatic carbocycles. The van der Waals surface area contributed by atoms with E-state index in [9.17, 15) is 23.1 Å². The average molecular weight is 556 g/mol. The van der Waals surface area contributed by atoms with Gasteiger partial charge >= 0.3 is 5.97 Å². The Balaban J connectivity index is 2.14. The largest absolute Gasteiger partial charge is 0.481 e. The Bertz CT molecular complexity index is 1220. The van der Waals surface area contributed by atoms with E-state index in [1.165, 1.54) is 11.4 Å². The Kier molecular flexibility index (Phi) is 8.76. The fourth-order valence-corrected chi connectivity index (χ4v) is 5.80. The third-order valence-electron chi connectivity index (χ3n) is 7.03. The first-order valence-electron chi connectivity index (χ1n) is 11.7. The van der Waals surface area contributed by atoms with Gasteiger partial charge < -0.3 is 10.0 Å². The number of rotatable bonds is 9. The number of carbonyl (C=O) groups excluding carboxylic acids is 1. The number of aliphatic carboxylic acids is 1. The number of carboxylic acid groups (broad SMARTS) is 1. The highest BCUT2D eigenvalue weighted by Gasteiger charge is 2.51. The smallest absolute Gasteiger partial charge is 0.304 e. The lowest BCUT2D eigenvalue weighted by atomic mass is 9.67. The van der Waals surface area contributed by atoms with E-state index in [1.807, 2.05) is 37.3 Å². The van der Waals surface area contributed by atoms with E-state index < -0.39 is 27.4 Å². The number of likely N-dealkylation sites (tertiary alicyclic amines) is 1. The van der Waals surface area contributed by atoms with Gasteiger partial charge in [-0.2, -0.15) is 0 Å². The molecule has 1 heterocycles. The van der Waals surface area contributed by atoms with Gasteiger partial charge in [0.15, 0.2) is 0 Å². The Morgan fingerprint density at radius 3 is 2.36 bits per heavy atom. The lowest BCUT2D eigenvalue weighted by Crippen LogP contribution is -2.55. The Morgan fingerprint density at radius 1 is 1.17 bits per heavy atom. The number of benzene rings is 2. The summed E-state index contributed by atoms with van der Waals surface area (Å²) < 4.78 is 25.2. The van der Waals surface area contributed by atoms with Gasteiger partial charge in [-0.05, 0) is 55.2 Å². The number of nitrogens with zero attached hydrogens (tertiary/aromatic N) is 2. The number of hydrogen-bond donors (Lipinski definition) is 1. The third kappa shape index (κ3) is 6.40. The first-order valence-corrected chi connectivity index (χ1v) is 14.3. The van der Waals surface area contributed by atoms with Crippen LogP contribution >= 0.6 is 23.2 Å². The van der Waals surface area contributed by atoms with Gasteiger partial charge in [-0.25, -0.2) is 12.7 Å². The molecule has 1 aliphatic rings. The van der Waals surface area contributed by atoms with Crippen molar-refractivity contribution in [2.45, 2.75) is 51.1 Å². The molecule has 7 nitrogen and oxygen atoms in total. The number of carboxylic acids is 1. The van der Waals surface area contributed by atoms with E-state index in [4.69, 9.17) is 23.2 Å². The van der Waals surface area contributed by atoms with E-state index in [0.717, 1.165) is 17.4 Å². The zero-order valence-corrected chi connectivity index (χ0v) is 23.1. The van der Waals surface area contributed by atoms with Gasteiger partial charge in [-0.3, -0.25) is 9.59 Å². The molecule has 4 atom stereocenters. The minimum Gasteiger partial charge on any atom is -0.481 e. The van der Waals surface area contributed by atoms with Crippen molar-refractivity contribution in [2.75, 3.05) is 19.8 Å². The summed E-state index contributed by atoms with van der Waals surface area (Å²) in [5.74, 6) is -1.57. The van der Waals surface area contributed by atoms with Crippen molar-refractivity contribution in [1.82, 2.24) is 9.21 Å². The molecule has 196 valence electrons. The third-order valence-corrected chi connectivity index (χ3v) is 8.84. The normalized spacial score (nSPS) is 23.6. The second kappa shape index (κ2) is 11.1. The zero-order chi connectivity index (χ0) is 26.8. The van der Waals surface area contributed by atoms with Crippen molar-refractivity contribution in [1.29, 1.82) is 0 Å². The van der Waals surface area contributed by atoms with Gasteiger partial charge in [-0.1, -0.05) is 54.4 Å². The van der Waals surface area contributed by atoms with Crippen molar-refractivity contribution in [3.63, 3.8) is 0 Å². The summed E-state index contributed by atoms with van der Waals surface area (Å²) in [5, 5.41) is 10.8. The Hall–Kier alpha value is -2.13. The number of hydrogen-bond acceptors (Lipinski definition) is 4. The van der Waals surface area contributed by atoms with Gasteiger partial charge in [0.1, 0.15) is 0 Å². The quantitative estimate of drug-likeness (QED) is 0.459. The average Bonchev–Trinajstić information content (AvgIpc) is 2.78. The molecule has 3 rings (SSSR count). The van der Waals surface area contributed by atoms with Crippen LogP contribution in [-0.4, -0.2) is 60.5 Å². The highest BCUT2D eigenvalue weighted by atomic mass is 35.5. The Labute approximate surface area is 223 Å². The van der Waals surface area contributed by atoms with Crippen molar-refractivity contribution in [3.05, 3.63) is 69.7 Å². The molecule has 36 heavy (non-hydrogen) atoms. The SMILES string of the molecule is C[C@@H](CCN(C)S(C)(=O)=O)N1C(=O)[C@@](C)(CC(=O)O)C[C@H](c2cccc(Cl)c2)[C@H]1c1ccc(Cl)cc1. The van der Waals surface area contributed by atoms with Gasteiger partial charge in [0.05, 0.1) is 24.1 Å². The number of sulfonamides is 1. The topological polar surface area (TPSA) is 95.0 Å². The summed E-state index contributed by atoms with van der Waals surface area (Å²) in [6.07, 6.45) is 1.52. The van der Waals surface area contributed by atoms with E-state index >= 15 is 0 Å². The standard InChI is InChI=1S/C26H32Cl2N2O5S/c1-17(12-13-29(3)36(4,34)35)30-24(18-8-10-20(27)11-9-18)22(19-6-5-7-21(28)14-19)15-26(2,25(30)33)16-23(31)32/h5-11,14,17,22,24H,12-13,15-16H2,1-4H3,(H,31,32)/t17-,22+,24+,26+/m0/s1. The molecular formula is C26H32Cl2N2O5S. The lowest BCUT2D eigenvalue weighted by Gasteiger charge is -2.51. The number of halogens is 2. The first-order chi connectivity index (χ1) is 16.7. The zero-order valence-electron chi connectivity index (χ0n) is 20.8. The molecule has 2 aromatic carbocycles. The lowest BCUT2D eigenvalue weighted by molar-refractivity contribution is -0.160. The minimum atomic E-state index is -3.39. The molecule has 1 N–H and O–H groups in total. The van der Waals surface area contributed by atoms with Crippen LogP contribution in [0, 0.1) is 5.41 Å². The molecule has 0 radical (unpaired) electrons. The maximum absolute atomic E-state index is 14.0. The highest BCUT2D eigenvalue weighted by Crippen LogP contribution is 2.52. The fourth-order valence-electron chi connectivity index (χ4n) is 5.04. The second-order valence-electron chi connectivity index (χ2n) is 9.93. The van der Waals surface area contributed by atoms with Crippen LogP contribution in [-0.2, 0) is 19.6 Å². The minimum absolute atomic E-state index is 0.217. The summed E-state index contributed by atoms with van der Waals surface area (Å²) in [6.45, 7) is 3.79. The molecule has 0 spiro atoms. The van der Waals surface area contributed by atoms with Crippen LogP contribution in [0.2, 0.25) is 10.0 Å². The molecule has 0 saturated carbocycles. The van der Waals surface area contributed by atoms with Gasteiger partial charge in [0.25, 0.3) is 0 Å². The van der Waals surface area contributed by atoms with Crippen molar-refractivity contribution < 1.29 is 23.1 Å². The monoisotopic (exact) mass is 554 g/mol. The fraction of sp³-hybridized carbons (Fsp3) is 0.462. The van der Waals surface area contributed by atoms with E-state index in [0.29, 0.717) is 22.9 Å². The highest BCUT2D eigenvalue weighted by molar-refractivity contribution is 7.88. The molecular weight excluding hydrogens is 523 g/mol. The van der Waals surface area contributed by atoms with Crippen molar-refractivity contribution >= 4 is 45.1 Å². The second-order valence-corrected chi connectivity index (χ2v) is 12.9. The maximum Gasteiger partial charge on any atom is 0.304 e. The van der Waals surface area contributed by atoms with Crippen LogP contribution in [0.15, 0.2) is 48.5 Å². The molecule has 0 aromatic heterocycles. The summed E-state index contributed by atoms with van der Waals surface area (Å²) >= 11 is 12.5. The maximum atomic E-state index is 14.0. The Morgan fingerprint density at radius 2 is 1.81 bits per heavy atom. The van der Waals surface area contributed by atoms with E-state index in [-0.39, 0.29) is 30.8 Å². The molecule has 1 aliphatic heterocycles. The van der Waals surface area contributed by atoms with Crippen molar-refractivity contribution in [3.8, 4) is 0 Å². The molecule has 0 unspecified atom stereocenters. The predicted octanol–water partition coefficient (Wildman–Crippen LogP) is 5.20.